The number of halogens is 1. The number of ether oxygens (including phenoxy) is 1. The monoisotopic (exact) mass is 560 g/mol. The van der Waals surface area contributed by atoms with E-state index in [9.17, 15) is 14.3 Å². The van der Waals surface area contributed by atoms with Crippen LogP contribution >= 0.6 is 11.3 Å². The third-order valence-electron chi connectivity index (χ3n) is 7.36. The molecule has 0 bridgehead atoms. The molecular formula is C26H33FN6O3S2. The normalized spacial score (nSPS) is 21.0. The first-order valence-corrected chi connectivity index (χ1v) is 15.3. The summed E-state index contributed by atoms with van der Waals surface area (Å²) >= 11 is 1.41. The van der Waals surface area contributed by atoms with Gasteiger partial charge in [0.2, 0.25) is 11.0 Å². The fraction of sp³-hybridized carbons (Fsp3) is 0.615. The Morgan fingerprint density at radius 3 is 2.58 bits per heavy atom. The third kappa shape index (κ3) is 4.86. The average molecular weight is 561 g/mol. The summed E-state index contributed by atoms with van der Waals surface area (Å²) in [5.74, 6) is 0.322. The predicted molar refractivity (Wildman–Crippen MR) is 146 cm³/mol. The second-order valence-electron chi connectivity index (χ2n) is 11.6. The number of rotatable bonds is 4. The van der Waals surface area contributed by atoms with E-state index in [-0.39, 0.29) is 22.2 Å². The highest BCUT2D eigenvalue weighted by Gasteiger charge is 2.52. The summed E-state index contributed by atoms with van der Waals surface area (Å²) in [5.41, 5.74) is 0.411. The summed E-state index contributed by atoms with van der Waals surface area (Å²) in [6.07, 6.45) is 4.57. The van der Waals surface area contributed by atoms with Crippen LogP contribution in [-0.4, -0.2) is 58.3 Å². The predicted octanol–water partition coefficient (Wildman–Crippen LogP) is 4.57. The highest BCUT2D eigenvalue weighted by molar-refractivity contribution is 7.84. The van der Waals surface area contributed by atoms with E-state index in [4.69, 9.17) is 4.74 Å². The van der Waals surface area contributed by atoms with Crippen molar-refractivity contribution in [3.63, 3.8) is 0 Å². The molecule has 0 radical (unpaired) electrons. The maximum atomic E-state index is 15.9. The molecule has 2 aromatic heterocycles. The van der Waals surface area contributed by atoms with Crippen LogP contribution < -0.4 is 15.1 Å². The summed E-state index contributed by atoms with van der Waals surface area (Å²) in [6.45, 7) is 9.86. The Hall–Kier alpha value is -2.78. The number of amides is 1. The van der Waals surface area contributed by atoms with Crippen LogP contribution in [0.5, 0.6) is 0 Å². The van der Waals surface area contributed by atoms with Crippen molar-refractivity contribution in [2.75, 3.05) is 47.6 Å². The number of aromatic nitrogens is 2. The number of nitrogens with zero attached hydrogens (tertiary/aromatic N) is 5. The molecule has 3 aliphatic rings. The molecule has 12 heteroatoms. The van der Waals surface area contributed by atoms with Crippen molar-refractivity contribution in [3.8, 4) is 6.07 Å². The van der Waals surface area contributed by atoms with E-state index in [1.54, 1.807) is 20.8 Å². The standard InChI is InChI=1S/C26H33FN6O3S2/c1-15-7-6-10-32(12-15)20-19(27)21(30-23(29-20)38(5)35)33-13-26(14-33)9-8-17-18(26)16(11-28)22(37-17)31-24(34)36-25(2,3)4/h15H,6-10,12-14H2,1-5H3,(H,31,34). The first-order valence-electron chi connectivity index (χ1n) is 12.9. The molecule has 38 heavy (non-hydrogen) atoms. The molecule has 2 saturated heterocycles. The van der Waals surface area contributed by atoms with E-state index in [1.165, 1.54) is 17.6 Å². The number of carbonyl (C=O) groups excluding carboxylic acids is 1. The minimum absolute atomic E-state index is 0.125. The van der Waals surface area contributed by atoms with Crippen LogP contribution in [0.3, 0.4) is 0 Å². The van der Waals surface area contributed by atoms with Gasteiger partial charge in [0.25, 0.3) is 0 Å². The van der Waals surface area contributed by atoms with Gasteiger partial charge in [-0.05, 0) is 57.9 Å². The number of hydrogen-bond acceptors (Lipinski definition) is 9. The second kappa shape index (κ2) is 9.75. The number of carbonyl (C=O) groups is 1. The highest BCUT2D eigenvalue weighted by Crippen LogP contribution is 2.53. The summed E-state index contributed by atoms with van der Waals surface area (Å²) < 4.78 is 33.6. The molecular weight excluding hydrogens is 527 g/mol. The molecule has 2 unspecified atom stereocenters. The Balaban J connectivity index is 1.42. The lowest BCUT2D eigenvalue weighted by Gasteiger charge is -2.49. The lowest BCUT2D eigenvalue weighted by atomic mass is 9.74. The van der Waals surface area contributed by atoms with Crippen LogP contribution in [0.15, 0.2) is 5.16 Å². The van der Waals surface area contributed by atoms with Gasteiger partial charge in [0.1, 0.15) is 16.7 Å². The molecule has 0 aromatic carbocycles. The summed E-state index contributed by atoms with van der Waals surface area (Å²) in [7, 11) is -1.46. The molecule has 2 fully saturated rings. The largest absolute Gasteiger partial charge is 0.444 e. The number of nitrogens with one attached hydrogen (secondary N) is 1. The van der Waals surface area contributed by atoms with Gasteiger partial charge in [-0.3, -0.25) is 9.53 Å². The average Bonchev–Trinajstić information content (AvgIpc) is 3.33. The zero-order valence-electron chi connectivity index (χ0n) is 22.4. The van der Waals surface area contributed by atoms with Gasteiger partial charge >= 0.3 is 6.09 Å². The van der Waals surface area contributed by atoms with Gasteiger partial charge in [0, 0.05) is 42.7 Å². The van der Waals surface area contributed by atoms with Crippen LogP contribution in [-0.2, 0) is 27.4 Å². The van der Waals surface area contributed by atoms with Crippen molar-refractivity contribution in [1.82, 2.24) is 9.97 Å². The number of thiophene rings is 1. The molecule has 2 aliphatic heterocycles. The molecule has 2 aromatic rings. The van der Waals surface area contributed by atoms with Crippen LogP contribution in [0.2, 0.25) is 0 Å². The maximum absolute atomic E-state index is 15.9. The molecule has 1 N–H and O–H groups in total. The van der Waals surface area contributed by atoms with Crippen molar-refractivity contribution in [2.45, 2.75) is 69.6 Å². The Kier molecular flexibility index (Phi) is 6.88. The molecule has 2 atom stereocenters. The van der Waals surface area contributed by atoms with Crippen LogP contribution in [0.4, 0.5) is 25.8 Å². The molecule has 9 nitrogen and oxygen atoms in total. The van der Waals surface area contributed by atoms with Gasteiger partial charge in [-0.2, -0.15) is 19.6 Å². The van der Waals surface area contributed by atoms with Gasteiger partial charge in [-0.1, -0.05) is 6.92 Å². The van der Waals surface area contributed by atoms with Gasteiger partial charge < -0.3 is 14.5 Å². The summed E-state index contributed by atoms with van der Waals surface area (Å²) in [5, 5.41) is 13.4. The van der Waals surface area contributed by atoms with Crippen molar-refractivity contribution in [1.29, 1.82) is 5.26 Å². The van der Waals surface area contributed by atoms with Crippen molar-refractivity contribution in [3.05, 3.63) is 21.8 Å². The fourth-order valence-corrected chi connectivity index (χ4v) is 7.45. The lowest BCUT2D eigenvalue weighted by molar-refractivity contribution is 0.0636. The molecule has 1 amide bonds. The smallest absolute Gasteiger partial charge is 0.412 e. The number of piperidine rings is 1. The van der Waals surface area contributed by atoms with Gasteiger partial charge in [0.05, 0.1) is 16.4 Å². The second-order valence-corrected chi connectivity index (χ2v) is 14.0. The highest BCUT2D eigenvalue weighted by atomic mass is 32.2. The summed E-state index contributed by atoms with van der Waals surface area (Å²) in [4.78, 5) is 26.0. The quantitative estimate of drug-likeness (QED) is 0.541. The first kappa shape index (κ1) is 26.8. The van der Waals surface area contributed by atoms with Gasteiger partial charge in [-0.25, -0.2) is 4.79 Å². The fourth-order valence-electron chi connectivity index (χ4n) is 5.77. The van der Waals surface area contributed by atoms with E-state index in [0.717, 1.165) is 36.1 Å². The summed E-state index contributed by atoms with van der Waals surface area (Å²) in [6, 6.07) is 2.29. The molecule has 1 aliphatic carbocycles. The number of fused-ring (bicyclic) bond motifs is 2. The molecule has 5 rings (SSSR count). The van der Waals surface area contributed by atoms with E-state index in [2.05, 4.69) is 28.3 Å². The van der Waals surface area contributed by atoms with Crippen molar-refractivity contribution < 1.29 is 18.1 Å². The van der Waals surface area contributed by atoms with Crippen LogP contribution in [0.25, 0.3) is 0 Å². The number of nitriles is 1. The SMILES string of the molecule is CC1CCCN(c2nc(S(C)=O)nc(N3CC4(CCc5sc(NC(=O)OC(C)(C)C)c(C#N)c54)C3)c2F)C1. The van der Waals surface area contributed by atoms with Crippen molar-refractivity contribution >= 4 is 44.9 Å². The first-order chi connectivity index (χ1) is 17.9. The van der Waals surface area contributed by atoms with E-state index in [1.807, 2.05) is 9.80 Å². The minimum Gasteiger partial charge on any atom is -0.444 e. The topological polar surface area (TPSA) is 111 Å². The van der Waals surface area contributed by atoms with Crippen LogP contribution in [0.1, 0.15) is 63.0 Å². The number of anilines is 3. The van der Waals surface area contributed by atoms with Gasteiger partial charge in [-0.15, -0.1) is 11.3 Å². The minimum atomic E-state index is -1.46. The zero-order valence-corrected chi connectivity index (χ0v) is 24.0. The van der Waals surface area contributed by atoms with E-state index in [0.29, 0.717) is 42.7 Å². The Bertz CT molecular complexity index is 1340. The molecule has 4 heterocycles. The van der Waals surface area contributed by atoms with Crippen molar-refractivity contribution in [2.24, 2.45) is 5.92 Å². The molecule has 204 valence electrons. The number of hydrogen-bond donors (Lipinski definition) is 1. The third-order valence-corrected chi connectivity index (χ3v) is 9.23. The number of aryl methyl sites for hydroxylation is 1. The lowest BCUT2D eigenvalue weighted by Crippen LogP contribution is -2.59. The van der Waals surface area contributed by atoms with E-state index >= 15 is 4.39 Å². The Labute approximate surface area is 228 Å². The van der Waals surface area contributed by atoms with Crippen LogP contribution in [0, 0.1) is 23.1 Å². The Morgan fingerprint density at radius 1 is 1.29 bits per heavy atom. The Morgan fingerprint density at radius 2 is 1.97 bits per heavy atom. The maximum Gasteiger partial charge on any atom is 0.412 e. The zero-order chi connectivity index (χ0) is 27.4. The molecule has 0 saturated carbocycles. The van der Waals surface area contributed by atoms with Gasteiger partial charge in [0.15, 0.2) is 11.6 Å². The molecule has 1 spiro atoms. The van der Waals surface area contributed by atoms with E-state index < -0.39 is 28.3 Å².